The Morgan fingerprint density at radius 3 is 2.70 bits per heavy atom. The average Bonchev–Trinajstić information content (AvgIpc) is 2.83. The highest BCUT2D eigenvalue weighted by Crippen LogP contribution is 2.16. The van der Waals surface area contributed by atoms with Crippen LogP contribution in [0, 0.1) is 25.5 Å². The van der Waals surface area contributed by atoms with Crippen molar-refractivity contribution in [2.75, 3.05) is 6.54 Å². The Morgan fingerprint density at radius 1 is 1.26 bits per heavy atom. The predicted octanol–water partition coefficient (Wildman–Crippen LogP) is 3.29. The third-order valence-corrected chi connectivity index (χ3v) is 4.25. The molecule has 0 amide bonds. The second-order valence-electron chi connectivity index (χ2n) is 5.03. The first-order valence-electron chi connectivity index (χ1n) is 7.38. The van der Waals surface area contributed by atoms with Crippen LogP contribution in [0.1, 0.15) is 28.1 Å². The van der Waals surface area contributed by atoms with E-state index in [1.165, 1.54) is 6.07 Å². The molecule has 1 aromatic heterocycles. The Balaban J connectivity index is 2.05. The summed E-state index contributed by atoms with van der Waals surface area (Å²) >= 11 is 1.63. The van der Waals surface area contributed by atoms with Crippen LogP contribution in [0.3, 0.4) is 0 Å². The van der Waals surface area contributed by atoms with Gasteiger partial charge in [0, 0.05) is 17.0 Å². The van der Waals surface area contributed by atoms with Gasteiger partial charge in [0.15, 0.2) is 5.96 Å². The fourth-order valence-electron chi connectivity index (χ4n) is 2.07. The van der Waals surface area contributed by atoms with Gasteiger partial charge in [-0.15, -0.1) is 11.3 Å². The molecule has 0 fully saturated rings. The van der Waals surface area contributed by atoms with E-state index in [1.54, 1.807) is 11.3 Å². The van der Waals surface area contributed by atoms with Crippen molar-refractivity contribution in [2.45, 2.75) is 33.9 Å². The van der Waals surface area contributed by atoms with Gasteiger partial charge in [0.25, 0.3) is 0 Å². The quantitative estimate of drug-likeness (QED) is 0.650. The van der Waals surface area contributed by atoms with Crippen LogP contribution in [0.25, 0.3) is 0 Å². The summed E-state index contributed by atoms with van der Waals surface area (Å²) in [6, 6.07) is 3.38. The van der Waals surface area contributed by atoms with Crippen molar-refractivity contribution >= 4 is 17.3 Å². The number of thiazole rings is 1. The highest BCUT2D eigenvalue weighted by atomic mass is 32.1. The molecule has 2 aromatic rings. The monoisotopic (exact) mass is 338 g/mol. The lowest BCUT2D eigenvalue weighted by molar-refractivity contribution is 0.585. The molecule has 2 rings (SSSR count). The lowest BCUT2D eigenvalue weighted by Crippen LogP contribution is -2.36. The van der Waals surface area contributed by atoms with Gasteiger partial charge in [0.1, 0.15) is 11.6 Å². The average molecular weight is 338 g/mol. The van der Waals surface area contributed by atoms with Crippen LogP contribution in [0.4, 0.5) is 8.78 Å². The number of aliphatic imine (C=N–C) groups is 1. The SMILES string of the molecule is CCNC(=NCc1cc(F)ccc1F)NCc1sc(C)nc1C. The van der Waals surface area contributed by atoms with Crippen molar-refractivity contribution in [3.63, 3.8) is 0 Å². The van der Waals surface area contributed by atoms with E-state index < -0.39 is 11.6 Å². The predicted molar refractivity (Wildman–Crippen MR) is 89.6 cm³/mol. The molecule has 1 aromatic carbocycles. The van der Waals surface area contributed by atoms with Gasteiger partial charge in [-0.1, -0.05) is 0 Å². The number of nitrogens with one attached hydrogen (secondary N) is 2. The first kappa shape index (κ1) is 17.3. The minimum Gasteiger partial charge on any atom is -0.357 e. The Labute approximate surface area is 138 Å². The van der Waals surface area contributed by atoms with Gasteiger partial charge >= 0.3 is 0 Å². The summed E-state index contributed by atoms with van der Waals surface area (Å²) in [6.07, 6.45) is 0. The van der Waals surface area contributed by atoms with Gasteiger partial charge in [0.2, 0.25) is 0 Å². The summed E-state index contributed by atoms with van der Waals surface area (Å²) in [5.41, 5.74) is 1.22. The van der Waals surface area contributed by atoms with Gasteiger partial charge < -0.3 is 10.6 Å². The van der Waals surface area contributed by atoms with Crippen LogP contribution in [0.15, 0.2) is 23.2 Å². The Hall–Kier alpha value is -2.02. The van der Waals surface area contributed by atoms with Crippen molar-refractivity contribution < 1.29 is 8.78 Å². The van der Waals surface area contributed by atoms with Crippen molar-refractivity contribution in [3.8, 4) is 0 Å². The van der Waals surface area contributed by atoms with Crippen LogP contribution >= 0.6 is 11.3 Å². The number of halogens is 2. The van der Waals surface area contributed by atoms with Gasteiger partial charge in [-0.2, -0.15) is 0 Å². The Kier molecular flexibility index (Phi) is 6.04. The standard InChI is InChI=1S/C16H20F2N4S/c1-4-19-16(21-9-15-10(2)22-11(3)23-15)20-8-12-7-13(17)5-6-14(12)18/h5-7H,4,8-9H2,1-3H3,(H2,19,20,21). The summed E-state index contributed by atoms with van der Waals surface area (Å²) < 4.78 is 26.8. The van der Waals surface area contributed by atoms with Crippen molar-refractivity contribution in [1.82, 2.24) is 15.6 Å². The van der Waals surface area contributed by atoms with Crippen molar-refractivity contribution in [1.29, 1.82) is 0 Å². The molecule has 0 spiro atoms. The highest BCUT2D eigenvalue weighted by Gasteiger charge is 2.07. The maximum Gasteiger partial charge on any atom is 0.191 e. The van der Waals surface area contributed by atoms with Crippen LogP contribution in [0.5, 0.6) is 0 Å². The molecule has 0 aliphatic carbocycles. The van der Waals surface area contributed by atoms with Crippen LogP contribution in [-0.2, 0) is 13.1 Å². The Bertz CT molecular complexity index is 697. The number of hydrogen-bond acceptors (Lipinski definition) is 3. The van der Waals surface area contributed by atoms with Gasteiger partial charge in [-0.05, 0) is 39.0 Å². The number of aromatic nitrogens is 1. The lowest BCUT2D eigenvalue weighted by atomic mass is 10.2. The number of hydrogen-bond donors (Lipinski definition) is 2. The molecule has 0 unspecified atom stereocenters. The molecular formula is C16H20F2N4S. The van der Waals surface area contributed by atoms with Crippen LogP contribution < -0.4 is 10.6 Å². The van der Waals surface area contributed by atoms with E-state index in [9.17, 15) is 8.78 Å². The molecule has 23 heavy (non-hydrogen) atoms. The summed E-state index contributed by atoms with van der Waals surface area (Å²) in [5.74, 6) is -0.369. The minimum atomic E-state index is -0.467. The molecule has 0 bridgehead atoms. The number of rotatable bonds is 5. The molecule has 0 saturated heterocycles. The van der Waals surface area contributed by atoms with Crippen LogP contribution in [0.2, 0.25) is 0 Å². The normalized spacial score (nSPS) is 11.6. The zero-order valence-electron chi connectivity index (χ0n) is 13.4. The lowest BCUT2D eigenvalue weighted by Gasteiger charge is -2.11. The first-order chi connectivity index (χ1) is 11.0. The molecule has 0 atom stereocenters. The first-order valence-corrected chi connectivity index (χ1v) is 8.20. The molecule has 0 saturated carbocycles. The molecule has 7 heteroatoms. The van der Waals surface area contributed by atoms with E-state index in [4.69, 9.17) is 0 Å². The molecule has 2 N–H and O–H groups in total. The summed E-state index contributed by atoms with van der Waals surface area (Å²) in [7, 11) is 0. The van der Waals surface area contributed by atoms with Gasteiger partial charge in [-0.25, -0.2) is 18.8 Å². The fraction of sp³-hybridized carbons (Fsp3) is 0.375. The Morgan fingerprint density at radius 2 is 2.04 bits per heavy atom. The number of guanidine groups is 1. The van der Waals surface area contributed by atoms with Crippen molar-refractivity contribution in [2.24, 2.45) is 4.99 Å². The summed E-state index contributed by atoms with van der Waals surface area (Å²) in [4.78, 5) is 9.82. The van der Waals surface area contributed by atoms with E-state index in [0.29, 0.717) is 19.0 Å². The van der Waals surface area contributed by atoms with Gasteiger partial charge in [-0.3, -0.25) is 0 Å². The molecular weight excluding hydrogens is 318 g/mol. The molecule has 0 aliphatic heterocycles. The zero-order valence-corrected chi connectivity index (χ0v) is 14.2. The number of aryl methyl sites for hydroxylation is 2. The number of nitrogens with zero attached hydrogens (tertiary/aromatic N) is 2. The summed E-state index contributed by atoms with van der Waals surface area (Å²) in [5, 5.41) is 7.30. The molecule has 4 nitrogen and oxygen atoms in total. The van der Waals surface area contributed by atoms with E-state index in [-0.39, 0.29) is 12.1 Å². The maximum absolute atomic E-state index is 13.6. The second-order valence-corrected chi connectivity index (χ2v) is 6.31. The second kappa shape index (κ2) is 8.01. The van der Waals surface area contributed by atoms with Crippen LogP contribution in [-0.4, -0.2) is 17.5 Å². The van der Waals surface area contributed by atoms with Crippen molar-refractivity contribution in [3.05, 3.63) is 51.0 Å². The molecule has 124 valence electrons. The fourth-order valence-corrected chi connectivity index (χ4v) is 2.95. The third-order valence-electron chi connectivity index (χ3n) is 3.18. The number of benzene rings is 1. The molecule has 0 aliphatic rings. The third kappa shape index (κ3) is 4.99. The topological polar surface area (TPSA) is 49.3 Å². The van der Waals surface area contributed by atoms with Gasteiger partial charge in [0.05, 0.1) is 23.8 Å². The molecule has 1 heterocycles. The van der Waals surface area contributed by atoms with E-state index in [1.807, 2.05) is 20.8 Å². The maximum atomic E-state index is 13.6. The smallest absolute Gasteiger partial charge is 0.191 e. The molecule has 0 radical (unpaired) electrons. The van der Waals surface area contributed by atoms with E-state index >= 15 is 0 Å². The van der Waals surface area contributed by atoms with E-state index in [0.717, 1.165) is 27.7 Å². The zero-order chi connectivity index (χ0) is 16.8. The van der Waals surface area contributed by atoms with E-state index in [2.05, 4.69) is 20.6 Å². The highest BCUT2D eigenvalue weighted by molar-refractivity contribution is 7.11. The summed E-state index contributed by atoms with van der Waals surface area (Å²) in [6.45, 7) is 7.22. The largest absolute Gasteiger partial charge is 0.357 e. The minimum absolute atomic E-state index is 0.0691.